The standard InChI is InChI=1S/C48H58O27/c1-17-30(56)41(73-46-37(63)35(61)31(57)25(14-49)69-46)39(65)45(67-17)66-16-27-33(59)42(74-47-38(64)36(62)32(58)26(15-50)70-47)44(72-28(55)11-4-18-2-7-20(51)8-3-18)48(71-27)75-43-34(60)29-23(54)12-22(53)13-24(29)68-40(43)19-5-9-21(52)10-6-19/h2-13,17,25-27,30-33,35-54,56-59,61-65H,14-16H2,1H3. The Kier molecular flexibility index (Phi) is 17.6. The number of rotatable bonds is 15. The molecule has 0 amide bonds. The van der Waals surface area contributed by atoms with E-state index >= 15 is 0 Å². The summed E-state index contributed by atoms with van der Waals surface area (Å²) in [6.45, 7) is -1.33. The van der Waals surface area contributed by atoms with Crippen LogP contribution in [0, 0.1) is 0 Å². The number of hydrogen-bond donors (Lipinski definition) is 15. The van der Waals surface area contributed by atoms with E-state index in [0.717, 1.165) is 18.2 Å². The topological polar surface area (TPSA) is 430 Å². The molecule has 5 heterocycles. The number of phenolic OH excluding ortho intramolecular Hbond substituents is 4. The van der Waals surface area contributed by atoms with Crippen LogP contribution in [0.15, 0.2) is 66.7 Å². The summed E-state index contributed by atoms with van der Waals surface area (Å²) in [5, 5.41) is 160. The molecule has 0 radical (unpaired) electrons. The fraction of sp³-hybridized carbons (Fsp3) is 0.542. The molecule has 0 aliphatic carbocycles. The van der Waals surface area contributed by atoms with Crippen LogP contribution >= 0.6 is 0 Å². The molecule has 22 unspecified atom stereocenters. The largest absolute Gasteiger partial charge is 0.508 e. The van der Waals surface area contributed by atoms with E-state index in [0.29, 0.717) is 5.56 Å². The quantitative estimate of drug-likeness (QED) is 0.0506. The zero-order valence-electron chi connectivity index (χ0n) is 39.4. The van der Waals surface area contributed by atoms with Crippen molar-refractivity contribution in [3.05, 3.63) is 83.4 Å². The lowest BCUT2D eigenvalue weighted by atomic mass is 9.92. The summed E-state index contributed by atoms with van der Waals surface area (Å²) in [5.41, 5.74) is 0.0307. The van der Waals surface area contributed by atoms with Crippen molar-refractivity contribution >= 4 is 17.8 Å². The Balaban J connectivity index is 1.15. The third-order valence-corrected chi connectivity index (χ3v) is 13.3. The number of phenols is 4. The second-order valence-corrected chi connectivity index (χ2v) is 18.4. The van der Waals surface area contributed by atoms with E-state index in [2.05, 4.69) is 0 Å². The highest BCUT2D eigenvalue weighted by Gasteiger charge is 2.56. The van der Waals surface area contributed by atoms with Crippen molar-refractivity contribution in [2.75, 3.05) is 19.8 Å². The first-order valence-electron chi connectivity index (χ1n) is 23.5. The number of aliphatic hydroxyl groups is 11. The SMILES string of the molecule is CC1OC(OCC2OC(OC3C(=O)c4c(O)cc(O)cc4OC3c3ccc(O)cc3)C(OC(=O)C=Cc3ccc(O)cc3)C(OC3OC(CO)C(O)C(O)C3O)C2O)C(O)C(OC2OC(CO)C(O)C(O)C2O)C1O. The number of fused-ring (bicyclic) bond motifs is 1. The van der Waals surface area contributed by atoms with E-state index in [-0.39, 0.29) is 22.8 Å². The number of aromatic hydroxyl groups is 4. The summed E-state index contributed by atoms with van der Waals surface area (Å²) in [6, 6.07) is 12.6. The number of Topliss-reactive ketones (excluding diaryl/α,β-unsaturated/α-hetero) is 1. The molecule has 0 saturated carbocycles. The van der Waals surface area contributed by atoms with Gasteiger partial charge < -0.3 is 124 Å². The number of carbonyl (C=O) groups is 2. The van der Waals surface area contributed by atoms with E-state index in [1.54, 1.807) is 0 Å². The first-order valence-corrected chi connectivity index (χ1v) is 23.5. The maximum absolute atomic E-state index is 14.6. The second-order valence-electron chi connectivity index (χ2n) is 18.4. The van der Waals surface area contributed by atoms with Crippen LogP contribution in [-0.2, 0) is 47.4 Å². The molecule has 3 aromatic carbocycles. The molecule has 15 N–H and O–H groups in total. The van der Waals surface area contributed by atoms with E-state index in [1.807, 2.05) is 0 Å². The van der Waals surface area contributed by atoms with E-state index < -0.39 is 184 Å². The Morgan fingerprint density at radius 3 is 1.72 bits per heavy atom. The smallest absolute Gasteiger partial charge is 0.331 e. The fourth-order valence-corrected chi connectivity index (χ4v) is 9.09. The van der Waals surface area contributed by atoms with E-state index in [4.69, 9.17) is 47.4 Å². The molecule has 412 valence electrons. The lowest BCUT2D eigenvalue weighted by Crippen LogP contribution is -2.66. The van der Waals surface area contributed by atoms with Gasteiger partial charge in [0.25, 0.3) is 0 Å². The van der Waals surface area contributed by atoms with Gasteiger partial charge in [0.05, 0.1) is 25.9 Å². The molecule has 0 spiro atoms. The zero-order chi connectivity index (χ0) is 54.2. The van der Waals surface area contributed by atoms with Gasteiger partial charge in [-0.1, -0.05) is 24.3 Å². The van der Waals surface area contributed by atoms with Gasteiger partial charge in [-0.05, 0) is 48.4 Å². The molecule has 75 heavy (non-hydrogen) atoms. The third-order valence-electron chi connectivity index (χ3n) is 13.3. The molecule has 0 bridgehead atoms. The predicted molar refractivity (Wildman–Crippen MR) is 242 cm³/mol. The molecule has 27 nitrogen and oxygen atoms in total. The highest BCUT2D eigenvalue weighted by molar-refractivity contribution is 6.05. The first-order chi connectivity index (χ1) is 35.7. The van der Waals surface area contributed by atoms with Gasteiger partial charge >= 0.3 is 5.97 Å². The minimum Gasteiger partial charge on any atom is -0.508 e. The molecule has 22 atom stereocenters. The molecule has 4 fully saturated rings. The van der Waals surface area contributed by atoms with Crippen LogP contribution in [0.5, 0.6) is 28.7 Å². The molecule has 27 heteroatoms. The van der Waals surface area contributed by atoms with Crippen molar-refractivity contribution < 1.29 is 134 Å². The normalized spacial score (nSPS) is 39.2. The van der Waals surface area contributed by atoms with Gasteiger partial charge in [-0.15, -0.1) is 0 Å². The monoisotopic (exact) mass is 1070 g/mol. The van der Waals surface area contributed by atoms with Crippen molar-refractivity contribution in [3.63, 3.8) is 0 Å². The van der Waals surface area contributed by atoms with Gasteiger partial charge in [0.15, 0.2) is 43.5 Å². The number of ketones is 1. The van der Waals surface area contributed by atoms with Crippen molar-refractivity contribution in [1.29, 1.82) is 0 Å². The van der Waals surface area contributed by atoms with Gasteiger partial charge in [-0.3, -0.25) is 4.79 Å². The maximum Gasteiger partial charge on any atom is 0.331 e. The first kappa shape index (κ1) is 56.0. The van der Waals surface area contributed by atoms with Crippen LogP contribution in [0.3, 0.4) is 0 Å². The Labute approximate surface area is 424 Å². The molecule has 0 aromatic heterocycles. The summed E-state index contributed by atoms with van der Waals surface area (Å²) in [6.07, 6.45) is -38.8. The number of esters is 1. The summed E-state index contributed by atoms with van der Waals surface area (Å²) in [5.74, 6) is -4.09. The summed E-state index contributed by atoms with van der Waals surface area (Å²) >= 11 is 0. The molecular formula is C48H58O27. The number of aliphatic hydroxyl groups excluding tert-OH is 11. The van der Waals surface area contributed by atoms with Crippen molar-refractivity contribution in [2.24, 2.45) is 0 Å². The minimum absolute atomic E-state index is 0.0905. The second kappa shape index (κ2) is 23.6. The summed E-state index contributed by atoms with van der Waals surface area (Å²) < 4.78 is 59.1. The van der Waals surface area contributed by atoms with Gasteiger partial charge in [-0.25, -0.2) is 4.79 Å². The van der Waals surface area contributed by atoms with Crippen LogP contribution in [0.2, 0.25) is 0 Å². The third kappa shape index (κ3) is 11.9. The molecule has 3 aromatic rings. The van der Waals surface area contributed by atoms with E-state index in [1.165, 1.54) is 61.5 Å². The summed E-state index contributed by atoms with van der Waals surface area (Å²) in [7, 11) is 0. The van der Waals surface area contributed by atoms with Crippen molar-refractivity contribution in [3.8, 4) is 28.7 Å². The minimum atomic E-state index is -2.15. The molecule has 8 rings (SSSR count). The molecular weight excluding hydrogens is 1010 g/mol. The zero-order valence-corrected chi connectivity index (χ0v) is 39.4. The van der Waals surface area contributed by atoms with Gasteiger partial charge in [0.1, 0.15) is 120 Å². The van der Waals surface area contributed by atoms with Gasteiger partial charge in [0.2, 0.25) is 5.78 Å². The number of hydrogen-bond acceptors (Lipinski definition) is 27. The van der Waals surface area contributed by atoms with Crippen LogP contribution in [-0.4, -0.2) is 237 Å². The Bertz CT molecular complexity index is 2440. The highest BCUT2D eigenvalue weighted by atomic mass is 16.8. The Morgan fingerprint density at radius 1 is 0.573 bits per heavy atom. The summed E-state index contributed by atoms with van der Waals surface area (Å²) in [4.78, 5) is 28.5. The lowest BCUT2D eigenvalue weighted by molar-refractivity contribution is -0.374. The van der Waals surface area contributed by atoms with Gasteiger partial charge in [-0.2, -0.15) is 0 Å². The average molecular weight is 1070 g/mol. The Hall–Kier alpha value is -5.22. The predicted octanol–water partition coefficient (Wildman–Crippen LogP) is -4.22. The number of carbonyl (C=O) groups excluding carboxylic acids is 2. The van der Waals surface area contributed by atoms with Crippen molar-refractivity contribution in [2.45, 2.75) is 142 Å². The number of ether oxygens (including phenoxy) is 10. The molecule has 5 aliphatic heterocycles. The molecule has 5 aliphatic rings. The Morgan fingerprint density at radius 2 is 1.13 bits per heavy atom. The number of benzene rings is 3. The molecule has 4 saturated heterocycles. The van der Waals surface area contributed by atoms with E-state index in [9.17, 15) is 86.2 Å². The maximum atomic E-state index is 14.6. The highest BCUT2D eigenvalue weighted by Crippen LogP contribution is 2.45. The lowest BCUT2D eigenvalue weighted by Gasteiger charge is -2.48. The van der Waals surface area contributed by atoms with Gasteiger partial charge in [0, 0.05) is 18.2 Å². The fourth-order valence-electron chi connectivity index (χ4n) is 9.09. The van der Waals surface area contributed by atoms with Crippen molar-refractivity contribution in [1.82, 2.24) is 0 Å². The van der Waals surface area contributed by atoms with Crippen LogP contribution in [0.4, 0.5) is 0 Å². The average Bonchev–Trinajstić information content (AvgIpc) is 3.38. The van der Waals surface area contributed by atoms with Crippen LogP contribution in [0.25, 0.3) is 6.08 Å². The van der Waals surface area contributed by atoms with Crippen LogP contribution in [0.1, 0.15) is 34.5 Å². The van der Waals surface area contributed by atoms with Crippen LogP contribution < -0.4 is 4.74 Å².